The molecule has 2 rings (SSSR count). The van der Waals surface area contributed by atoms with E-state index in [9.17, 15) is 9.59 Å². The molecule has 0 bridgehead atoms. The molecule has 24 heavy (non-hydrogen) atoms. The van der Waals surface area contributed by atoms with Gasteiger partial charge in [-0.15, -0.1) is 0 Å². The minimum atomic E-state index is -0.719. The molecule has 1 aliphatic carbocycles. The van der Waals surface area contributed by atoms with Crippen LogP contribution >= 0.6 is 11.8 Å². The first-order chi connectivity index (χ1) is 11.7. The quantitative estimate of drug-likeness (QED) is 0.366. The number of rotatable bonds is 9. The van der Waals surface area contributed by atoms with Gasteiger partial charge in [-0.25, -0.2) is 0 Å². The average molecular weight is 351 g/mol. The molecule has 0 aromatic rings. The molecule has 0 aromatic heterocycles. The number of aliphatic carboxylic acids is 1. The molecule has 1 aliphatic heterocycles. The Morgan fingerprint density at radius 3 is 2.62 bits per heavy atom. The molecule has 2 atom stereocenters. The van der Waals surface area contributed by atoms with Crippen LogP contribution in [0.1, 0.15) is 57.8 Å². The Bertz CT molecular complexity index is 464. The normalized spacial score (nSPS) is 25.7. The molecule has 1 heterocycles. The number of carboxylic acid groups (broad SMARTS) is 1. The molecule has 134 valence electrons. The van der Waals surface area contributed by atoms with E-state index in [-0.39, 0.29) is 12.3 Å². The Morgan fingerprint density at radius 2 is 1.88 bits per heavy atom. The average Bonchev–Trinajstić information content (AvgIpc) is 3.03. The van der Waals surface area contributed by atoms with Gasteiger partial charge < -0.3 is 5.11 Å². The van der Waals surface area contributed by atoms with Crippen molar-refractivity contribution in [1.82, 2.24) is 0 Å². The first-order valence-electron chi connectivity index (χ1n) is 9.33. The summed E-state index contributed by atoms with van der Waals surface area (Å²) in [6.07, 6.45) is 17.0. The summed E-state index contributed by atoms with van der Waals surface area (Å²) in [5.74, 6) is 3.29. The largest absolute Gasteiger partial charge is 0.481 e. The van der Waals surface area contributed by atoms with E-state index in [0.29, 0.717) is 24.0 Å². The van der Waals surface area contributed by atoms with Gasteiger partial charge in [0.1, 0.15) is 0 Å². The monoisotopic (exact) mass is 350 g/mol. The fourth-order valence-corrected chi connectivity index (χ4v) is 5.05. The van der Waals surface area contributed by atoms with E-state index in [1.165, 1.54) is 19.3 Å². The predicted octanol–water partition coefficient (Wildman–Crippen LogP) is 4.87. The van der Waals surface area contributed by atoms with E-state index < -0.39 is 5.97 Å². The summed E-state index contributed by atoms with van der Waals surface area (Å²) >= 11 is 1.98. The Morgan fingerprint density at radius 1 is 1.08 bits per heavy atom. The summed E-state index contributed by atoms with van der Waals surface area (Å²) in [5, 5.41) is 8.61. The standard InChI is InChI=1S/C20H30O3S/c21-19(16-8-5-3-6-9-16)13-12-18-15-24-14-17(18)10-4-1-2-7-11-20(22)23/h1,4,12-13,16-18H,2-3,5-11,14-15H2,(H,22,23)/t17-,18+/m0/s1. The van der Waals surface area contributed by atoms with Crippen LogP contribution in [0.3, 0.4) is 0 Å². The third kappa shape index (κ3) is 6.84. The molecule has 0 amide bonds. The molecule has 0 spiro atoms. The van der Waals surface area contributed by atoms with Gasteiger partial charge in [-0.3, -0.25) is 9.59 Å². The first-order valence-corrected chi connectivity index (χ1v) is 10.5. The number of thioether (sulfide) groups is 1. The number of carbonyl (C=O) groups excluding carboxylic acids is 1. The van der Waals surface area contributed by atoms with Crippen LogP contribution in [0.15, 0.2) is 24.3 Å². The number of allylic oxidation sites excluding steroid dienone is 4. The predicted molar refractivity (Wildman–Crippen MR) is 100 cm³/mol. The molecule has 0 unspecified atom stereocenters. The molecule has 4 heteroatoms. The number of carbonyl (C=O) groups is 2. The van der Waals surface area contributed by atoms with E-state index in [2.05, 4.69) is 18.2 Å². The third-order valence-corrected chi connectivity index (χ3v) is 6.41. The maximum absolute atomic E-state index is 12.3. The zero-order valence-electron chi connectivity index (χ0n) is 14.5. The lowest BCUT2D eigenvalue weighted by molar-refractivity contribution is -0.137. The van der Waals surface area contributed by atoms with Gasteiger partial charge in [0.25, 0.3) is 0 Å². The zero-order chi connectivity index (χ0) is 17.2. The number of hydrogen-bond donors (Lipinski definition) is 1. The highest BCUT2D eigenvalue weighted by molar-refractivity contribution is 7.99. The van der Waals surface area contributed by atoms with Gasteiger partial charge in [0.15, 0.2) is 5.78 Å². The van der Waals surface area contributed by atoms with E-state index >= 15 is 0 Å². The number of hydrogen-bond acceptors (Lipinski definition) is 3. The summed E-state index contributed by atoms with van der Waals surface area (Å²) in [6.45, 7) is 0. The van der Waals surface area contributed by atoms with Crippen LogP contribution in [-0.4, -0.2) is 28.4 Å². The molecular formula is C20H30O3S. The highest BCUT2D eigenvalue weighted by Gasteiger charge is 2.25. The molecule has 0 radical (unpaired) electrons. The van der Waals surface area contributed by atoms with Gasteiger partial charge in [-0.2, -0.15) is 11.8 Å². The van der Waals surface area contributed by atoms with Gasteiger partial charge in [0, 0.05) is 12.3 Å². The molecule has 2 aliphatic rings. The third-order valence-electron chi connectivity index (χ3n) is 5.13. The van der Waals surface area contributed by atoms with Crippen LogP contribution in [0.25, 0.3) is 0 Å². The van der Waals surface area contributed by atoms with E-state index in [1.807, 2.05) is 17.8 Å². The van der Waals surface area contributed by atoms with Crippen LogP contribution in [-0.2, 0) is 9.59 Å². The number of ketones is 1. The Hall–Kier alpha value is -1.03. The second kappa shape index (κ2) is 10.8. The zero-order valence-corrected chi connectivity index (χ0v) is 15.3. The maximum atomic E-state index is 12.3. The highest BCUT2D eigenvalue weighted by atomic mass is 32.2. The number of carboxylic acids is 1. The van der Waals surface area contributed by atoms with Crippen molar-refractivity contribution in [2.75, 3.05) is 11.5 Å². The minimum absolute atomic E-state index is 0.248. The topological polar surface area (TPSA) is 54.4 Å². The van der Waals surface area contributed by atoms with Crippen molar-refractivity contribution < 1.29 is 14.7 Å². The van der Waals surface area contributed by atoms with Crippen LogP contribution in [0.2, 0.25) is 0 Å². The fourth-order valence-electron chi connectivity index (χ4n) is 3.57. The Labute approximate surface area is 150 Å². The molecular weight excluding hydrogens is 320 g/mol. The summed E-state index contributed by atoms with van der Waals surface area (Å²) < 4.78 is 0. The lowest BCUT2D eigenvalue weighted by atomic mass is 9.85. The van der Waals surface area contributed by atoms with Gasteiger partial charge in [0.2, 0.25) is 0 Å². The second-order valence-corrected chi connectivity index (χ2v) is 8.13. The van der Waals surface area contributed by atoms with Crippen LogP contribution in [0, 0.1) is 17.8 Å². The smallest absolute Gasteiger partial charge is 0.303 e. The molecule has 1 N–H and O–H groups in total. The van der Waals surface area contributed by atoms with Gasteiger partial charge in [-0.1, -0.05) is 37.5 Å². The fraction of sp³-hybridized carbons (Fsp3) is 0.700. The van der Waals surface area contributed by atoms with E-state index in [0.717, 1.165) is 37.2 Å². The van der Waals surface area contributed by atoms with Crippen LogP contribution in [0.5, 0.6) is 0 Å². The Balaban J connectivity index is 1.71. The van der Waals surface area contributed by atoms with Crippen molar-refractivity contribution in [3.63, 3.8) is 0 Å². The van der Waals surface area contributed by atoms with E-state index in [1.54, 1.807) is 0 Å². The van der Waals surface area contributed by atoms with Crippen molar-refractivity contribution >= 4 is 23.5 Å². The van der Waals surface area contributed by atoms with Gasteiger partial charge in [-0.05, 0) is 61.5 Å². The highest BCUT2D eigenvalue weighted by Crippen LogP contribution is 2.34. The van der Waals surface area contributed by atoms with Crippen molar-refractivity contribution in [1.29, 1.82) is 0 Å². The van der Waals surface area contributed by atoms with Crippen molar-refractivity contribution in [3.8, 4) is 0 Å². The van der Waals surface area contributed by atoms with Gasteiger partial charge in [0.05, 0.1) is 0 Å². The first kappa shape index (κ1) is 19.3. The molecule has 1 saturated carbocycles. The summed E-state index contributed by atoms with van der Waals surface area (Å²) in [6, 6.07) is 0. The summed E-state index contributed by atoms with van der Waals surface area (Å²) in [7, 11) is 0. The van der Waals surface area contributed by atoms with Gasteiger partial charge >= 0.3 is 5.97 Å². The summed E-state index contributed by atoms with van der Waals surface area (Å²) in [5.41, 5.74) is 0. The van der Waals surface area contributed by atoms with E-state index in [4.69, 9.17) is 5.11 Å². The van der Waals surface area contributed by atoms with Crippen LogP contribution in [0.4, 0.5) is 0 Å². The molecule has 2 fully saturated rings. The SMILES string of the molecule is O=C(O)CCCC=CC[C@H]1CSC[C@H]1C=CC(=O)C1CCCCC1. The lowest BCUT2D eigenvalue weighted by Gasteiger charge is -2.19. The molecule has 1 saturated heterocycles. The lowest BCUT2D eigenvalue weighted by Crippen LogP contribution is -2.16. The molecule has 3 nitrogen and oxygen atoms in total. The van der Waals surface area contributed by atoms with Crippen molar-refractivity contribution in [3.05, 3.63) is 24.3 Å². The minimum Gasteiger partial charge on any atom is -0.481 e. The molecule has 0 aromatic carbocycles. The Kier molecular flexibility index (Phi) is 8.65. The second-order valence-electron chi connectivity index (χ2n) is 7.05. The van der Waals surface area contributed by atoms with Crippen molar-refractivity contribution in [2.24, 2.45) is 17.8 Å². The summed E-state index contributed by atoms with van der Waals surface area (Å²) in [4.78, 5) is 22.8. The number of unbranched alkanes of at least 4 members (excludes halogenated alkanes) is 1. The van der Waals surface area contributed by atoms with Crippen LogP contribution < -0.4 is 0 Å². The van der Waals surface area contributed by atoms with Crippen molar-refractivity contribution in [2.45, 2.75) is 57.8 Å². The maximum Gasteiger partial charge on any atom is 0.303 e.